The zero-order chi connectivity index (χ0) is 21.1. The van der Waals surface area contributed by atoms with Gasteiger partial charge in [0, 0.05) is 16.7 Å². The van der Waals surface area contributed by atoms with Gasteiger partial charge < -0.3 is 9.84 Å². The second kappa shape index (κ2) is 8.22. The third kappa shape index (κ3) is 4.32. The number of aliphatic imine (C=N–C) groups is 2. The SMILES string of the molecule is C/C(O)=C(\C(=O)OC(C)C)C1=NC(=NC(=O)c2ccc(C)cc2)c2ccccc21. The summed E-state index contributed by atoms with van der Waals surface area (Å²) in [6.45, 7) is 6.78. The summed E-state index contributed by atoms with van der Waals surface area (Å²) < 4.78 is 5.25. The third-order valence-electron chi connectivity index (χ3n) is 4.29. The molecule has 148 valence electrons. The molecule has 0 saturated carbocycles. The molecular formula is C23H22N2O4. The molecule has 0 fully saturated rings. The van der Waals surface area contributed by atoms with Gasteiger partial charge in [0.2, 0.25) is 0 Å². The van der Waals surface area contributed by atoms with Crippen LogP contribution in [0.5, 0.6) is 0 Å². The van der Waals surface area contributed by atoms with Crippen molar-refractivity contribution >= 4 is 23.4 Å². The summed E-state index contributed by atoms with van der Waals surface area (Å²) in [6, 6.07) is 14.2. The standard InChI is InChI=1S/C23H22N2O4/c1-13(2)29-23(28)19(15(4)26)20-17-7-5-6-8-18(17)21(24-20)25-22(27)16-11-9-14(3)10-12-16/h5-13,26H,1-4H3/b19-15+,25-21?. The Labute approximate surface area is 169 Å². The van der Waals surface area contributed by atoms with E-state index < -0.39 is 11.9 Å². The zero-order valence-corrected chi connectivity index (χ0v) is 16.8. The van der Waals surface area contributed by atoms with Gasteiger partial charge in [-0.25, -0.2) is 9.79 Å². The van der Waals surface area contributed by atoms with Crippen LogP contribution < -0.4 is 0 Å². The number of aryl methyl sites for hydroxylation is 1. The molecule has 1 aliphatic rings. The number of carbonyl (C=O) groups is 2. The zero-order valence-electron chi connectivity index (χ0n) is 16.8. The molecule has 3 rings (SSSR count). The molecule has 1 N–H and O–H groups in total. The number of amidine groups is 1. The third-order valence-corrected chi connectivity index (χ3v) is 4.29. The number of aliphatic hydroxyl groups is 1. The van der Waals surface area contributed by atoms with Crippen molar-refractivity contribution in [2.75, 3.05) is 0 Å². The lowest BCUT2D eigenvalue weighted by atomic mass is 9.99. The largest absolute Gasteiger partial charge is 0.512 e. The highest BCUT2D eigenvalue weighted by Crippen LogP contribution is 2.26. The molecule has 29 heavy (non-hydrogen) atoms. The quantitative estimate of drug-likeness (QED) is 0.482. The highest BCUT2D eigenvalue weighted by molar-refractivity contribution is 6.36. The van der Waals surface area contributed by atoms with Crippen molar-refractivity contribution in [1.29, 1.82) is 0 Å². The van der Waals surface area contributed by atoms with Crippen LogP contribution in [-0.2, 0) is 9.53 Å². The van der Waals surface area contributed by atoms with Crippen LogP contribution in [0.25, 0.3) is 0 Å². The number of aliphatic hydroxyl groups excluding tert-OH is 1. The Morgan fingerprint density at radius 3 is 2.24 bits per heavy atom. The second-order valence-corrected chi connectivity index (χ2v) is 7.03. The van der Waals surface area contributed by atoms with Crippen LogP contribution in [0.4, 0.5) is 0 Å². The number of amides is 1. The van der Waals surface area contributed by atoms with E-state index in [9.17, 15) is 14.7 Å². The smallest absolute Gasteiger partial charge is 0.344 e. The van der Waals surface area contributed by atoms with Gasteiger partial charge in [0.1, 0.15) is 11.3 Å². The summed E-state index contributed by atoms with van der Waals surface area (Å²) in [5.74, 6) is -1.14. The second-order valence-electron chi connectivity index (χ2n) is 7.03. The Hall–Kier alpha value is -3.54. The van der Waals surface area contributed by atoms with Crippen LogP contribution in [0, 0.1) is 6.92 Å². The molecule has 0 saturated heterocycles. The molecule has 0 unspecified atom stereocenters. The molecule has 0 spiro atoms. The predicted molar refractivity (Wildman–Crippen MR) is 112 cm³/mol. The van der Waals surface area contributed by atoms with Crippen molar-refractivity contribution < 1.29 is 19.4 Å². The number of fused-ring (bicyclic) bond motifs is 1. The van der Waals surface area contributed by atoms with Gasteiger partial charge in [-0.3, -0.25) is 4.79 Å². The first-order chi connectivity index (χ1) is 13.8. The van der Waals surface area contributed by atoms with Crippen molar-refractivity contribution in [2.24, 2.45) is 9.98 Å². The molecule has 0 atom stereocenters. The number of esters is 1. The van der Waals surface area contributed by atoms with Crippen LogP contribution in [0.1, 0.15) is 47.8 Å². The fraction of sp³-hybridized carbons (Fsp3) is 0.217. The first-order valence-electron chi connectivity index (χ1n) is 9.27. The van der Waals surface area contributed by atoms with Crippen molar-refractivity contribution in [3.8, 4) is 0 Å². The van der Waals surface area contributed by atoms with E-state index in [4.69, 9.17) is 4.74 Å². The molecule has 2 aromatic rings. The maximum atomic E-state index is 12.6. The number of hydrogen-bond acceptors (Lipinski definition) is 4. The monoisotopic (exact) mass is 390 g/mol. The van der Waals surface area contributed by atoms with E-state index in [1.165, 1.54) is 6.92 Å². The number of allylic oxidation sites excluding steroid dienone is 1. The van der Waals surface area contributed by atoms with E-state index in [1.807, 2.05) is 19.1 Å². The van der Waals surface area contributed by atoms with E-state index in [1.54, 1.807) is 50.2 Å². The first kappa shape index (κ1) is 20.2. The molecule has 6 heteroatoms. The van der Waals surface area contributed by atoms with Crippen molar-refractivity contribution in [3.05, 3.63) is 82.1 Å². The minimum Gasteiger partial charge on any atom is -0.512 e. The summed E-state index contributed by atoms with van der Waals surface area (Å²) in [6.07, 6.45) is -0.356. The Morgan fingerprint density at radius 2 is 1.66 bits per heavy atom. The van der Waals surface area contributed by atoms with Crippen molar-refractivity contribution in [3.63, 3.8) is 0 Å². The summed E-state index contributed by atoms with van der Waals surface area (Å²) in [4.78, 5) is 33.7. The van der Waals surface area contributed by atoms with E-state index >= 15 is 0 Å². The van der Waals surface area contributed by atoms with Crippen molar-refractivity contribution in [1.82, 2.24) is 0 Å². The molecule has 0 bridgehead atoms. The molecule has 1 heterocycles. The van der Waals surface area contributed by atoms with Gasteiger partial charge in [0.25, 0.3) is 5.91 Å². The summed E-state index contributed by atoms with van der Waals surface area (Å²) >= 11 is 0. The Kier molecular flexibility index (Phi) is 5.73. The lowest BCUT2D eigenvalue weighted by Gasteiger charge is -2.12. The van der Waals surface area contributed by atoms with Gasteiger partial charge in [0.05, 0.1) is 11.8 Å². The number of hydrogen-bond donors (Lipinski definition) is 1. The highest BCUT2D eigenvalue weighted by atomic mass is 16.5. The summed E-state index contributed by atoms with van der Waals surface area (Å²) in [5, 5.41) is 10.1. The number of carbonyl (C=O) groups excluding carboxylic acids is 2. The molecule has 1 aliphatic heterocycles. The first-order valence-corrected chi connectivity index (χ1v) is 9.27. The highest BCUT2D eigenvalue weighted by Gasteiger charge is 2.31. The van der Waals surface area contributed by atoms with E-state index in [0.717, 1.165) is 5.56 Å². The van der Waals surface area contributed by atoms with E-state index in [0.29, 0.717) is 16.7 Å². The normalized spacial score (nSPS) is 15.1. The van der Waals surface area contributed by atoms with Crippen LogP contribution in [0.15, 0.2) is 69.8 Å². The van der Waals surface area contributed by atoms with Gasteiger partial charge in [-0.2, -0.15) is 4.99 Å². The number of ether oxygens (including phenoxy) is 1. The maximum absolute atomic E-state index is 12.6. The Morgan fingerprint density at radius 1 is 1.03 bits per heavy atom. The number of benzene rings is 2. The number of nitrogens with zero attached hydrogens (tertiary/aromatic N) is 2. The minimum atomic E-state index is -0.681. The fourth-order valence-corrected chi connectivity index (χ4v) is 2.93. The summed E-state index contributed by atoms with van der Waals surface area (Å²) in [7, 11) is 0. The van der Waals surface area contributed by atoms with E-state index in [-0.39, 0.29) is 29.0 Å². The molecule has 6 nitrogen and oxygen atoms in total. The maximum Gasteiger partial charge on any atom is 0.344 e. The lowest BCUT2D eigenvalue weighted by Crippen LogP contribution is -2.21. The van der Waals surface area contributed by atoms with E-state index in [2.05, 4.69) is 9.98 Å². The minimum absolute atomic E-state index is 0.0425. The average molecular weight is 390 g/mol. The molecule has 0 aromatic heterocycles. The van der Waals surface area contributed by atoms with Gasteiger partial charge >= 0.3 is 5.97 Å². The van der Waals surface area contributed by atoms with Gasteiger partial charge in [-0.1, -0.05) is 42.0 Å². The number of rotatable bonds is 4. The molecule has 2 aromatic carbocycles. The van der Waals surface area contributed by atoms with Gasteiger partial charge in [-0.05, 0) is 39.8 Å². The summed E-state index contributed by atoms with van der Waals surface area (Å²) in [5.41, 5.74) is 2.89. The lowest BCUT2D eigenvalue weighted by molar-refractivity contribution is -0.142. The van der Waals surface area contributed by atoms with Gasteiger partial charge in [-0.15, -0.1) is 0 Å². The molecule has 0 radical (unpaired) electrons. The van der Waals surface area contributed by atoms with Crippen LogP contribution in [0.2, 0.25) is 0 Å². The topological polar surface area (TPSA) is 88.3 Å². The van der Waals surface area contributed by atoms with Crippen molar-refractivity contribution in [2.45, 2.75) is 33.8 Å². The van der Waals surface area contributed by atoms with Gasteiger partial charge in [0.15, 0.2) is 5.84 Å². The fourth-order valence-electron chi connectivity index (χ4n) is 2.93. The average Bonchev–Trinajstić information content (AvgIpc) is 3.00. The predicted octanol–water partition coefficient (Wildman–Crippen LogP) is 4.17. The molecular weight excluding hydrogens is 368 g/mol. The van der Waals surface area contributed by atoms with Crippen LogP contribution >= 0.6 is 0 Å². The van der Waals surface area contributed by atoms with Crippen LogP contribution in [-0.4, -0.2) is 34.6 Å². The Bertz CT molecular complexity index is 1060. The molecule has 1 amide bonds. The Balaban J connectivity index is 2.07. The molecule has 0 aliphatic carbocycles. The van der Waals surface area contributed by atoms with Crippen LogP contribution in [0.3, 0.4) is 0 Å².